The lowest BCUT2D eigenvalue weighted by Gasteiger charge is -2.04. The Morgan fingerprint density at radius 2 is 1.94 bits per heavy atom. The topological polar surface area (TPSA) is 51.2 Å². The molecule has 0 bridgehead atoms. The highest BCUT2D eigenvalue weighted by molar-refractivity contribution is 5.26. The number of phenols is 1. The van der Waals surface area contributed by atoms with Gasteiger partial charge in [0.15, 0.2) is 0 Å². The Morgan fingerprint density at radius 3 is 2.50 bits per heavy atom. The summed E-state index contributed by atoms with van der Waals surface area (Å²) in [5, 5.41) is 9.18. The van der Waals surface area contributed by atoms with Crippen LogP contribution in [0.25, 0.3) is 0 Å². The molecule has 0 aliphatic carbocycles. The molecule has 3 heteroatoms. The SMILES string of the molecule is CC(N)c1ccn(Cc2ccc(O)cc2)c1. The Bertz CT molecular complexity index is 457. The van der Waals surface area contributed by atoms with Gasteiger partial charge >= 0.3 is 0 Å². The Morgan fingerprint density at radius 1 is 1.25 bits per heavy atom. The minimum absolute atomic E-state index is 0.0704. The van der Waals surface area contributed by atoms with Crippen LogP contribution in [-0.2, 0) is 6.54 Å². The number of nitrogens with zero attached hydrogens (tertiary/aromatic N) is 1. The van der Waals surface area contributed by atoms with Gasteiger partial charge in [-0.1, -0.05) is 12.1 Å². The molecule has 3 N–H and O–H groups in total. The quantitative estimate of drug-likeness (QED) is 0.826. The molecule has 3 nitrogen and oxygen atoms in total. The van der Waals surface area contributed by atoms with Crippen molar-refractivity contribution >= 4 is 0 Å². The fraction of sp³-hybridized carbons (Fsp3) is 0.231. The van der Waals surface area contributed by atoms with E-state index < -0.39 is 0 Å². The van der Waals surface area contributed by atoms with Crippen LogP contribution in [-0.4, -0.2) is 9.67 Å². The van der Waals surface area contributed by atoms with E-state index in [1.807, 2.05) is 31.3 Å². The van der Waals surface area contributed by atoms with Crippen LogP contribution in [0.15, 0.2) is 42.7 Å². The second-order valence-electron chi connectivity index (χ2n) is 4.07. The van der Waals surface area contributed by atoms with E-state index in [4.69, 9.17) is 5.73 Å². The van der Waals surface area contributed by atoms with Crippen molar-refractivity contribution in [2.24, 2.45) is 5.73 Å². The fourth-order valence-corrected chi connectivity index (χ4v) is 1.64. The number of nitrogens with two attached hydrogens (primary N) is 1. The number of hydrogen-bond donors (Lipinski definition) is 2. The molecule has 0 fully saturated rings. The molecular weight excluding hydrogens is 200 g/mol. The van der Waals surface area contributed by atoms with Gasteiger partial charge < -0.3 is 15.4 Å². The standard InChI is InChI=1S/C13H16N2O/c1-10(14)12-6-7-15(9-12)8-11-2-4-13(16)5-3-11/h2-7,9-10,16H,8,14H2,1H3. The molecule has 1 atom stereocenters. The van der Waals surface area contributed by atoms with Crippen molar-refractivity contribution in [2.45, 2.75) is 19.5 Å². The molecule has 0 saturated carbocycles. The summed E-state index contributed by atoms with van der Waals surface area (Å²) in [6, 6.07) is 9.34. The third-order valence-corrected chi connectivity index (χ3v) is 2.60. The maximum atomic E-state index is 9.18. The summed E-state index contributed by atoms with van der Waals surface area (Å²) < 4.78 is 2.09. The largest absolute Gasteiger partial charge is 0.508 e. The smallest absolute Gasteiger partial charge is 0.115 e. The third-order valence-electron chi connectivity index (χ3n) is 2.60. The van der Waals surface area contributed by atoms with E-state index in [9.17, 15) is 5.11 Å². The Kier molecular flexibility index (Phi) is 2.97. The van der Waals surface area contributed by atoms with Gasteiger partial charge in [0.1, 0.15) is 5.75 Å². The number of benzene rings is 1. The zero-order chi connectivity index (χ0) is 11.5. The zero-order valence-corrected chi connectivity index (χ0v) is 9.30. The average Bonchev–Trinajstić information content (AvgIpc) is 2.70. The highest BCUT2D eigenvalue weighted by Gasteiger charge is 2.02. The van der Waals surface area contributed by atoms with Crippen molar-refractivity contribution in [1.82, 2.24) is 4.57 Å². The summed E-state index contributed by atoms with van der Waals surface area (Å²) in [6.45, 7) is 2.77. The van der Waals surface area contributed by atoms with Crippen molar-refractivity contribution in [3.63, 3.8) is 0 Å². The van der Waals surface area contributed by atoms with Crippen LogP contribution >= 0.6 is 0 Å². The van der Waals surface area contributed by atoms with Crippen molar-refractivity contribution in [3.05, 3.63) is 53.9 Å². The molecule has 1 aromatic heterocycles. The Labute approximate surface area is 95.1 Å². The normalized spacial score (nSPS) is 12.6. The maximum absolute atomic E-state index is 9.18. The summed E-state index contributed by atoms with van der Waals surface area (Å²) in [4.78, 5) is 0. The first kappa shape index (κ1) is 10.8. The van der Waals surface area contributed by atoms with Crippen molar-refractivity contribution in [2.75, 3.05) is 0 Å². The molecule has 0 saturated heterocycles. The molecule has 0 aliphatic rings. The van der Waals surface area contributed by atoms with Gasteiger partial charge in [-0.15, -0.1) is 0 Å². The molecule has 1 heterocycles. The summed E-state index contributed by atoms with van der Waals surface area (Å²) in [6.07, 6.45) is 4.07. The van der Waals surface area contributed by atoms with Crippen molar-refractivity contribution in [3.8, 4) is 5.75 Å². The fourth-order valence-electron chi connectivity index (χ4n) is 1.64. The van der Waals surface area contributed by atoms with E-state index in [1.54, 1.807) is 12.1 Å². The summed E-state index contributed by atoms with van der Waals surface area (Å²) in [7, 11) is 0. The van der Waals surface area contributed by atoms with Gasteiger partial charge in [-0.2, -0.15) is 0 Å². The maximum Gasteiger partial charge on any atom is 0.115 e. The Hall–Kier alpha value is -1.74. The molecule has 0 radical (unpaired) electrons. The first-order valence-electron chi connectivity index (χ1n) is 5.34. The number of aromatic nitrogens is 1. The molecule has 0 spiro atoms. The van der Waals surface area contributed by atoms with E-state index in [2.05, 4.69) is 10.8 Å². The van der Waals surface area contributed by atoms with Gasteiger partial charge in [0.25, 0.3) is 0 Å². The lowest BCUT2D eigenvalue weighted by atomic mass is 10.2. The number of phenolic OH excluding ortho intramolecular Hbond substituents is 1. The number of aromatic hydroxyl groups is 1. The highest BCUT2D eigenvalue weighted by Crippen LogP contribution is 2.13. The van der Waals surface area contributed by atoms with E-state index >= 15 is 0 Å². The van der Waals surface area contributed by atoms with Gasteiger partial charge in [-0.25, -0.2) is 0 Å². The zero-order valence-electron chi connectivity index (χ0n) is 9.30. The van der Waals surface area contributed by atoms with Gasteiger partial charge in [-0.3, -0.25) is 0 Å². The highest BCUT2D eigenvalue weighted by atomic mass is 16.3. The number of hydrogen-bond acceptors (Lipinski definition) is 2. The monoisotopic (exact) mass is 216 g/mol. The van der Waals surface area contributed by atoms with Crippen LogP contribution in [0.1, 0.15) is 24.1 Å². The molecule has 2 rings (SSSR count). The molecule has 0 amide bonds. The number of rotatable bonds is 3. The molecule has 0 aliphatic heterocycles. The van der Waals surface area contributed by atoms with Crippen LogP contribution in [0.5, 0.6) is 5.75 Å². The molecule has 1 unspecified atom stereocenters. The van der Waals surface area contributed by atoms with Crippen LogP contribution < -0.4 is 5.73 Å². The van der Waals surface area contributed by atoms with Gasteiger partial charge in [-0.05, 0) is 36.2 Å². The van der Waals surface area contributed by atoms with Gasteiger partial charge in [0.2, 0.25) is 0 Å². The lowest BCUT2D eigenvalue weighted by Crippen LogP contribution is -2.03. The van der Waals surface area contributed by atoms with Crippen molar-refractivity contribution < 1.29 is 5.11 Å². The van der Waals surface area contributed by atoms with Crippen LogP contribution in [0.3, 0.4) is 0 Å². The molecular formula is C13H16N2O. The van der Waals surface area contributed by atoms with E-state index in [0.29, 0.717) is 5.75 Å². The molecule has 84 valence electrons. The predicted octanol–water partition coefficient (Wildman–Crippen LogP) is 2.26. The second kappa shape index (κ2) is 4.41. The first-order chi connectivity index (χ1) is 7.65. The van der Waals surface area contributed by atoms with Crippen LogP contribution in [0, 0.1) is 0 Å². The van der Waals surface area contributed by atoms with Gasteiger partial charge in [0.05, 0.1) is 0 Å². The summed E-state index contributed by atoms with van der Waals surface area (Å²) >= 11 is 0. The van der Waals surface area contributed by atoms with Crippen LogP contribution in [0.4, 0.5) is 0 Å². The summed E-state index contributed by atoms with van der Waals surface area (Å²) in [5.74, 6) is 0.299. The predicted molar refractivity (Wildman–Crippen MR) is 64.2 cm³/mol. The van der Waals surface area contributed by atoms with E-state index in [0.717, 1.165) is 17.7 Å². The van der Waals surface area contributed by atoms with E-state index in [-0.39, 0.29) is 6.04 Å². The van der Waals surface area contributed by atoms with Crippen molar-refractivity contribution in [1.29, 1.82) is 0 Å². The first-order valence-corrected chi connectivity index (χ1v) is 5.34. The molecule has 16 heavy (non-hydrogen) atoms. The third kappa shape index (κ3) is 2.44. The molecule has 1 aromatic carbocycles. The minimum atomic E-state index is 0.0704. The average molecular weight is 216 g/mol. The summed E-state index contributed by atoms with van der Waals surface area (Å²) in [5.41, 5.74) is 8.09. The molecule has 2 aromatic rings. The lowest BCUT2D eigenvalue weighted by molar-refractivity contribution is 0.475. The van der Waals surface area contributed by atoms with E-state index in [1.165, 1.54) is 0 Å². The van der Waals surface area contributed by atoms with Crippen LogP contribution in [0.2, 0.25) is 0 Å². The Balaban J connectivity index is 2.11. The van der Waals surface area contributed by atoms with Gasteiger partial charge in [0, 0.05) is 25.0 Å². The minimum Gasteiger partial charge on any atom is -0.508 e. The second-order valence-corrected chi connectivity index (χ2v) is 4.07.